The molecule has 0 saturated carbocycles. The van der Waals surface area contributed by atoms with E-state index in [1.807, 2.05) is 6.07 Å². The number of methoxy groups -OCH3 is 1. The van der Waals surface area contributed by atoms with Crippen LogP contribution in [0, 0.1) is 5.82 Å². The van der Waals surface area contributed by atoms with Crippen LogP contribution in [-0.2, 0) is 14.3 Å². The Hall–Kier alpha value is -3.50. The molecule has 6 rings (SSSR count). The molecule has 2 saturated heterocycles. The molecule has 0 aliphatic carbocycles. The summed E-state index contributed by atoms with van der Waals surface area (Å²) in [5.41, 5.74) is 5.05. The first-order valence-corrected chi connectivity index (χ1v) is 11.7. The average Bonchev–Trinajstić information content (AvgIpc) is 3.60. The summed E-state index contributed by atoms with van der Waals surface area (Å²) in [4.78, 5) is 16.6. The summed E-state index contributed by atoms with van der Waals surface area (Å²) in [6.45, 7) is 1.56. The van der Waals surface area contributed by atoms with Crippen molar-refractivity contribution in [2.45, 2.75) is 37.2 Å². The first kappa shape index (κ1) is 22.0. The number of halogens is 1. The lowest BCUT2D eigenvalue weighted by molar-refractivity contribution is -0.147. The van der Waals surface area contributed by atoms with Crippen molar-refractivity contribution in [1.82, 2.24) is 19.7 Å². The van der Waals surface area contributed by atoms with Gasteiger partial charge in [-0.3, -0.25) is 5.10 Å². The molecular formula is C25H25FN4O5. The van der Waals surface area contributed by atoms with Crippen molar-refractivity contribution < 1.29 is 28.5 Å². The van der Waals surface area contributed by atoms with E-state index in [4.69, 9.17) is 19.2 Å². The molecule has 2 aliphatic heterocycles. The van der Waals surface area contributed by atoms with Crippen molar-refractivity contribution in [2.75, 3.05) is 26.9 Å². The fourth-order valence-electron chi connectivity index (χ4n) is 5.45. The number of aliphatic carboxylic acids is 1. The van der Waals surface area contributed by atoms with Gasteiger partial charge < -0.3 is 23.9 Å². The number of aromatic nitrogens is 4. The van der Waals surface area contributed by atoms with Gasteiger partial charge in [-0.2, -0.15) is 5.10 Å². The summed E-state index contributed by atoms with van der Waals surface area (Å²) >= 11 is 0. The summed E-state index contributed by atoms with van der Waals surface area (Å²) in [6, 6.07) is 6.84. The van der Waals surface area contributed by atoms with Gasteiger partial charge in [-0.25, -0.2) is 14.2 Å². The van der Waals surface area contributed by atoms with E-state index >= 15 is 0 Å². The van der Waals surface area contributed by atoms with E-state index in [0.717, 1.165) is 46.2 Å². The Kier molecular flexibility index (Phi) is 5.42. The number of carboxylic acids is 1. The molecule has 4 aromatic rings. The van der Waals surface area contributed by atoms with Gasteiger partial charge in [0.05, 0.1) is 30.9 Å². The number of nitrogens with one attached hydrogen (secondary N) is 1. The minimum atomic E-state index is -0.962. The topological polar surface area (TPSA) is 111 Å². The van der Waals surface area contributed by atoms with Gasteiger partial charge in [0.2, 0.25) is 0 Å². The molecule has 9 nitrogen and oxygen atoms in total. The highest BCUT2D eigenvalue weighted by atomic mass is 19.1. The fourth-order valence-corrected chi connectivity index (χ4v) is 5.45. The molecule has 5 heterocycles. The van der Waals surface area contributed by atoms with Crippen molar-refractivity contribution in [3.8, 4) is 11.4 Å². The summed E-state index contributed by atoms with van der Waals surface area (Å²) in [6.07, 6.45) is 2.86. The first-order valence-electron chi connectivity index (χ1n) is 11.7. The maximum absolute atomic E-state index is 14.3. The fraction of sp³-hybridized carbons (Fsp3) is 0.400. The Labute approximate surface area is 199 Å². The Bertz CT molecular complexity index is 1420. The molecule has 2 N–H and O–H groups in total. The van der Waals surface area contributed by atoms with Crippen molar-refractivity contribution in [2.24, 2.45) is 0 Å². The normalized spacial score (nSPS) is 21.2. The molecule has 10 heteroatoms. The third-order valence-electron chi connectivity index (χ3n) is 7.10. The monoisotopic (exact) mass is 480 g/mol. The lowest BCUT2D eigenvalue weighted by Gasteiger charge is -2.26. The van der Waals surface area contributed by atoms with Gasteiger partial charge in [0.25, 0.3) is 0 Å². The van der Waals surface area contributed by atoms with Crippen molar-refractivity contribution in [3.63, 3.8) is 0 Å². The number of hydrogen-bond acceptors (Lipinski definition) is 6. The molecule has 2 atom stereocenters. The van der Waals surface area contributed by atoms with E-state index in [1.54, 1.807) is 18.3 Å². The molecule has 0 radical (unpaired) electrons. The lowest BCUT2D eigenvalue weighted by Crippen LogP contribution is -2.20. The molecule has 2 aliphatic rings. The maximum atomic E-state index is 14.3. The van der Waals surface area contributed by atoms with Crippen LogP contribution in [0.3, 0.4) is 0 Å². The van der Waals surface area contributed by atoms with Crippen molar-refractivity contribution >= 4 is 28.0 Å². The van der Waals surface area contributed by atoms with Crippen LogP contribution in [0.4, 0.5) is 4.39 Å². The zero-order valence-corrected chi connectivity index (χ0v) is 19.2. The van der Waals surface area contributed by atoms with E-state index in [-0.39, 0.29) is 17.6 Å². The molecule has 0 bridgehead atoms. The molecule has 182 valence electrons. The number of pyridine rings is 1. The Morgan fingerprint density at radius 1 is 1.26 bits per heavy atom. The van der Waals surface area contributed by atoms with Gasteiger partial charge in [-0.1, -0.05) is 0 Å². The van der Waals surface area contributed by atoms with Crippen molar-refractivity contribution in [3.05, 3.63) is 47.5 Å². The van der Waals surface area contributed by atoms with E-state index in [2.05, 4.69) is 14.8 Å². The van der Waals surface area contributed by atoms with Gasteiger partial charge in [-0.15, -0.1) is 0 Å². The number of H-pyrrole nitrogens is 1. The highest BCUT2D eigenvalue weighted by molar-refractivity contribution is 5.94. The summed E-state index contributed by atoms with van der Waals surface area (Å²) in [5.74, 6) is -1.24. The van der Waals surface area contributed by atoms with Crippen LogP contribution >= 0.6 is 0 Å². The summed E-state index contributed by atoms with van der Waals surface area (Å²) < 4.78 is 33.1. The first-order chi connectivity index (χ1) is 17.0. The van der Waals surface area contributed by atoms with Crippen molar-refractivity contribution in [1.29, 1.82) is 0 Å². The van der Waals surface area contributed by atoms with Crippen LogP contribution in [0.5, 0.6) is 5.75 Å². The minimum absolute atomic E-state index is 0.145. The largest absolute Gasteiger partial charge is 0.494 e. The second kappa shape index (κ2) is 8.62. The minimum Gasteiger partial charge on any atom is -0.494 e. The van der Waals surface area contributed by atoms with Gasteiger partial charge in [0.15, 0.2) is 23.3 Å². The second-order valence-corrected chi connectivity index (χ2v) is 9.10. The standard InChI is InChI=1S/C25H25FN4O5/c1-33-19-10-16(2-3-17(19)26)30-18-8-14-11-27-29-24(14)28-22(18)21(15-9-20(25(31)32)35-12-15)23(30)13-4-6-34-7-5-13/h2-3,8,10-11,13,15,20H,4-7,9,12H2,1H3,(H,31,32)(H,27,28,29)/t15-,20+/m0/s1. The highest BCUT2D eigenvalue weighted by Gasteiger charge is 2.38. The molecule has 0 unspecified atom stereocenters. The molecule has 0 amide bonds. The Morgan fingerprint density at radius 3 is 2.83 bits per heavy atom. The van der Waals surface area contributed by atoms with Gasteiger partial charge in [0, 0.05) is 53.4 Å². The van der Waals surface area contributed by atoms with Crippen LogP contribution < -0.4 is 4.74 Å². The second-order valence-electron chi connectivity index (χ2n) is 9.10. The zero-order chi connectivity index (χ0) is 24.1. The molecule has 1 aromatic carbocycles. The van der Waals surface area contributed by atoms with Gasteiger partial charge in [-0.05, 0) is 37.5 Å². The third-order valence-corrected chi connectivity index (χ3v) is 7.10. The molecule has 0 spiro atoms. The van der Waals surface area contributed by atoms with Crippen LogP contribution in [-0.4, -0.2) is 63.9 Å². The average molecular weight is 480 g/mol. The van der Waals surface area contributed by atoms with E-state index in [9.17, 15) is 14.3 Å². The smallest absolute Gasteiger partial charge is 0.332 e. The molecular weight excluding hydrogens is 455 g/mol. The lowest BCUT2D eigenvalue weighted by atomic mass is 9.87. The van der Waals surface area contributed by atoms with Crippen LogP contribution in [0.15, 0.2) is 30.5 Å². The van der Waals surface area contributed by atoms with Crippen LogP contribution in [0.25, 0.3) is 27.8 Å². The predicted molar refractivity (Wildman–Crippen MR) is 125 cm³/mol. The highest BCUT2D eigenvalue weighted by Crippen LogP contribution is 2.45. The Balaban J connectivity index is 1.66. The molecule has 35 heavy (non-hydrogen) atoms. The third kappa shape index (κ3) is 3.64. The van der Waals surface area contributed by atoms with Gasteiger partial charge >= 0.3 is 5.97 Å². The number of nitrogens with zero attached hydrogens (tertiary/aromatic N) is 3. The van der Waals surface area contributed by atoms with Crippen LogP contribution in [0.1, 0.15) is 42.4 Å². The Morgan fingerprint density at radius 2 is 2.09 bits per heavy atom. The quantitative estimate of drug-likeness (QED) is 0.446. The number of carbonyl (C=O) groups is 1. The number of hydrogen-bond donors (Lipinski definition) is 2. The van der Waals surface area contributed by atoms with Gasteiger partial charge in [0.1, 0.15) is 0 Å². The summed E-state index contributed by atoms with van der Waals surface area (Å²) in [7, 11) is 1.44. The number of carboxylic acid groups (broad SMARTS) is 1. The molecule has 3 aromatic heterocycles. The SMILES string of the molecule is COc1cc(-n2c(C3CCOCC3)c([C@@H]3CO[C@@H](C(=O)O)C3)c3nc4[nH]ncc4cc32)ccc1F. The number of benzene rings is 1. The van der Waals surface area contributed by atoms with E-state index in [0.29, 0.717) is 31.9 Å². The molecule has 2 fully saturated rings. The number of fused-ring (bicyclic) bond motifs is 2. The van der Waals surface area contributed by atoms with Crippen LogP contribution in [0.2, 0.25) is 0 Å². The maximum Gasteiger partial charge on any atom is 0.332 e. The zero-order valence-electron chi connectivity index (χ0n) is 19.2. The summed E-state index contributed by atoms with van der Waals surface area (Å²) in [5, 5.41) is 17.5. The van der Waals surface area contributed by atoms with E-state index < -0.39 is 17.9 Å². The predicted octanol–water partition coefficient (Wildman–Crippen LogP) is 3.90. The number of ether oxygens (including phenoxy) is 3. The van der Waals surface area contributed by atoms with E-state index in [1.165, 1.54) is 13.2 Å². The number of rotatable bonds is 5. The number of aromatic amines is 1.